The van der Waals surface area contributed by atoms with Crippen molar-refractivity contribution in [1.29, 1.82) is 0 Å². The molecule has 0 saturated heterocycles. The highest BCUT2D eigenvalue weighted by Crippen LogP contribution is 2.49. The lowest BCUT2D eigenvalue weighted by atomic mass is 9.71. The van der Waals surface area contributed by atoms with E-state index in [0.717, 1.165) is 27.8 Å². The molecule has 0 saturated carbocycles. The molecule has 186 valence electrons. The van der Waals surface area contributed by atoms with Gasteiger partial charge < -0.3 is 5.73 Å². The fourth-order valence-electron chi connectivity index (χ4n) is 5.06. The molecule has 4 rings (SSSR count). The molecule has 0 radical (unpaired) electrons. The summed E-state index contributed by atoms with van der Waals surface area (Å²) >= 11 is 7.41. The molecule has 36 heavy (non-hydrogen) atoms. The van der Waals surface area contributed by atoms with E-state index in [4.69, 9.17) is 17.3 Å². The lowest BCUT2D eigenvalue weighted by molar-refractivity contribution is 0.339. The van der Waals surface area contributed by atoms with Gasteiger partial charge >= 0.3 is 0 Å². The summed E-state index contributed by atoms with van der Waals surface area (Å²) in [5, 5.41) is 0. The number of benzene rings is 4. The normalized spacial score (nSPS) is 15.2. The Balaban J connectivity index is 2.13. The monoisotopic (exact) mass is 518 g/mol. The van der Waals surface area contributed by atoms with Crippen LogP contribution in [0.4, 0.5) is 0 Å². The summed E-state index contributed by atoms with van der Waals surface area (Å²) in [6.07, 6.45) is 0. The Morgan fingerprint density at radius 3 is 1.67 bits per heavy atom. The summed E-state index contributed by atoms with van der Waals surface area (Å²) < 4.78 is 31.1. The topological polar surface area (TPSA) is 72.2 Å². The number of nitrogens with two attached hydrogens (primary N) is 1. The smallest absolute Gasteiger partial charge is 0.241 e. The van der Waals surface area contributed by atoms with E-state index in [0.29, 0.717) is 11.1 Å². The van der Waals surface area contributed by atoms with Crippen LogP contribution in [0.3, 0.4) is 0 Å². The van der Waals surface area contributed by atoms with E-state index in [1.807, 2.05) is 100 Å². The fourth-order valence-corrected chi connectivity index (χ4v) is 6.88. The number of sulfonamides is 1. The molecule has 2 atom stereocenters. The van der Waals surface area contributed by atoms with E-state index in [-0.39, 0.29) is 4.90 Å². The first-order chi connectivity index (χ1) is 17.0. The Labute approximate surface area is 219 Å². The van der Waals surface area contributed by atoms with Gasteiger partial charge in [0.15, 0.2) is 0 Å². The maximum Gasteiger partial charge on any atom is 0.241 e. The minimum absolute atomic E-state index is 0.136. The number of aryl methyl sites for hydroxylation is 4. The highest BCUT2D eigenvalue weighted by Gasteiger charge is 2.55. The lowest BCUT2D eigenvalue weighted by Crippen LogP contribution is -2.62. The van der Waals surface area contributed by atoms with Crippen LogP contribution in [0.15, 0.2) is 102 Å². The summed E-state index contributed by atoms with van der Waals surface area (Å²) in [5.41, 5.74) is 11.3. The molecule has 0 amide bonds. The average molecular weight is 519 g/mol. The predicted molar refractivity (Wildman–Crippen MR) is 148 cm³/mol. The number of hydrogen-bond acceptors (Lipinski definition) is 3. The standard InChI is InChI=1S/C30H31ClN2O2S/c1-21-15-17-27(18-16-21)36(34,35)33-29(25-11-7-5-8-12-25,28-23(3)19-22(2)20-24(28)4)30(31,32)26-13-9-6-10-14-26/h5-20,33H,32H2,1-4H3/t29-,30+/m1/s1. The SMILES string of the molecule is Cc1ccc(S(=O)(=O)N[C@](c2ccccc2)(c2c(C)cc(C)cc2C)[C@](N)(Cl)c2ccccc2)cc1. The molecule has 0 heterocycles. The molecule has 4 aromatic rings. The third-order valence-electron chi connectivity index (χ3n) is 6.62. The van der Waals surface area contributed by atoms with Gasteiger partial charge in [-0.25, -0.2) is 8.42 Å². The van der Waals surface area contributed by atoms with Gasteiger partial charge in [0.1, 0.15) is 10.5 Å². The second-order valence-corrected chi connectivity index (χ2v) is 11.7. The minimum atomic E-state index is -4.08. The molecule has 0 spiro atoms. The van der Waals surface area contributed by atoms with Crippen molar-refractivity contribution in [3.05, 3.63) is 136 Å². The van der Waals surface area contributed by atoms with E-state index in [1.165, 1.54) is 0 Å². The van der Waals surface area contributed by atoms with E-state index >= 15 is 0 Å². The molecule has 6 heteroatoms. The number of alkyl halides is 1. The zero-order chi connectivity index (χ0) is 26.1. The molecule has 0 unspecified atom stereocenters. The molecule has 0 aliphatic heterocycles. The quantitative estimate of drug-likeness (QED) is 0.226. The summed E-state index contributed by atoms with van der Waals surface area (Å²) in [5.74, 6) is 0. The largest absolute Gasteiger partial charge is 0.307 e. The molecule has 0 bridgehead atoms. The maximum atomic E-state index is 14.0. The predicted octanol–water partition coefficient (Wildman–Crippen LogP) is 6.19. The van der Waals surface area contributed by atoms with Crippen LogP contribution in [0.2, 0.25) is 0 Å². The van der Waals surface area contributed by atoms with Crippen molar-refractivity contribution in [2.24, 2.45) is 5.73 Å². The van der Waals surface area contributed by atoms with E-state index in [2.05, 4.69) is 4.72 Å². The van der Waals surface area contributed by atoms with Crippen LogP contribution in [-0.4, -0.2) is 8.42 Å². The van der Waals surface area contributed by atoms with Gasteiger partial charge in [-0.05, 0) is 67.6 Å². The van der Waals surface area contributed by atoms with Crippen molar-refractivity contribution in [1.82, 2.24) is 4.72 Å². The summed E-state index contributed by atoms with van der Waals surface area (Å²) in [7, 11) is -4.08. The number of nitrogens with one attached hydrogen (secondary N) is 1. The molecule has 3 N–H and O–H groups in total. The van der Waals surface area contributed by atoms with Gasteiger partial charge in [0, 0.05) is 0 Å². The molecular weight excluding hydrogens is 488 g/mol. The molecule has 4 aromatic carbocycles. The zero-order valence-corrected chi connectivity index (χ0v) is 22.5. The number of rotatable bonds is 7. The maximum absolute atomic E-state index is 14.0. The fraction of sp³-hybridized carbons (Fsp3) is 0.200. The Kier molecular flexibility index (Phi) is 7.13. The highest BCUT2D eigenvalue weighted by molar-refractivity contribution is 7.89. The first-order valence-electron chi connectivity index (χ1n) is 11.8. The van der Waals surface area contributed by atoms with Crippen LogP contribution in [0.25, 0.3) is 0 Å². The lowest BCUT2D eigenvalue weighted by Gasteiger charge is -2.47. The van der Waals surface area contributed by atoms with Gasteiger partial charge in [0.25, 0.3) is 0 Å². The van der Waals surface area contributed by atoms with Crippen molar-refractivity contribution in [2.75, 3.05) is 0 Å². The van der Waals surface area contributed by atoms with Gasteiger partial charge in [-0.15, -0.1) is 0 Å². The molecule has 0 aliphatic carbocycles. The highest BCUT2D eigenvalue weighted by atomic mass is 35.5. The Morgan fingerprint density at radius 1 is 0.694 bits per heavy atom. The zero-order valence-electron chi connectivity index (χ0n) is 20.9. The van der Waals surface area contributed by atoms with E-state index in [1.54, 1.807) is 24.3 Å². The Bertz CT molecular complexity index is 1450. The van der Waals surface area contributed by atoms with Gasteiger partial charge in [-0.2, -0.15) is 4.72 Å². The molecule has 0 aliphatic rings. The minimum Gasteiger partial charge on any atom is -0.307 e. The second kappa shape index (κ2) is 9.83. The van der Waals surface area contributed by atoms with Crippen molar-refractivity contribution >= 4 is 21.6 Å². The van der Waals surface area contributed by atoms with Gasteiger partial charge in [-0.3, -0.25) is 0 Å². The third-order valence-corrected chi connectivity index (χ3v) is 8.59. The van der Waals surface area contributed by atoms with Crippen LogP contribution in [-0.2, 0) is 20.6 Å². The average Bonchev–Trinajstić information content (AvgIpc) is 2.84. The van der Waals surface area contributed by atoms with Crippen LogP contribution in [0.1, 0.15) is 38.9 Å². The second-order valence-electron chi connectivity index (χ2n) is 9.39. The van der Waals surface area contributed by atoms with Crippen molar-refractivity contribution in [3.8, 4) is 0 Å². The summed E-state index contributed by atoms with van der Waals surface area (Å²) in [4.78, 5) is -1.56. The van der Waals surface area contributed by atoms with E-state index in [9.17, 15) is 8.42 Å². The summed E-state index contributed by atoms with van der Waals surface area (Å²) in [6.45, 7) is 7.85. The van der Waals surface area contributed by atoms with Crippen LogP contribution in [0, 0.1) is 27.7 Å². The molecule has 0 fully saturated rings. The Morgan fingerprint density at radius 2 is 1.17 bits per heavy atom. The van der Waals surface area contributed by atoms with E-state index < -0.39 is 20.6 Å². The van der Waals surface area contributed by atoms with Crippen molar-refractivity contribution in [3.63, 3.8) is 0 Å². The van der Waals surface area contributed by atoms with Crippen molar-refractivity contribution < 1.29 is 8.42 Å². The van der Waals surface area contributed by atoms with Crippen molar-refractivity contribution in [2.45, 2.75) is 43.1 Å². The van der Waals surface area contributed by atoms with Crippen LogP contribution < -0.4 is 10.5 Å². The molecular formula is C30H31ClN2O2S. The number of halogens is 1. The molecule has 4 nitrogen and oxygen atoms in total. The number of hydrogen-bond donors (Lipinski definition) is 2. The van der Waals surface area contributed by atoms with Crippen LogP contribution in [0.5, 0.6) is 0 Å². The van der Waals surface area contributed by atoms with Crippen LogP contribution >= 0.6 is 11.6 Å². The first-order valence-corrected chi connectivity index (χ1v) is 13.6. The van der Waals surface area contributed by atoms with Gasteiger partial charge in [0.05, 0.1) is 4.90 Å². The van der Waals surface area contributed by atoms with Gasteiger partial charge in [0.2, 0.25) is 10.0 Å². The van der Waals surface area contributed by atoms with Gasteiger partial charge in [-0.1, -0.05) is 108 Å². The third kappa shape index (κ3) is 4.60. The Hall–Kier alpha value is -2.96. The first kappa shape index (κ1) is 26.1. The summed E-state index contributed by atoms with van der Waals surface area (Å²) in [6, 6.07) is 29.3. The molecule has 0 aromatic heterocycles.